The van der Waals surface area contributed by atoms with Crippen LogP contribution in [-0.2, 0) is 10.2 Å². The first-order valence-electron chi connectivity index (χ1n) is 8.57. The largest absolute Gasteiger partial charge is 0.492 e. The molecule has 1 aliphatic rings. The van der Waals surface area contributed by atoms with Gasteiger partial charge in [-0.15, -0.1) is 0 Å². The standard InChI is InChI=1S/C17H24ClFN2O4S/c1-21(2)26(23,24)20-17(22)13-9-14(18)16(10-15(13)19)25-11-12-7-5-3-4-6-8-12/h9-10,12H,3-8,11H2,1-2H3,(H,20,22). The zero-order chi connectivity index (χ0) is 19.3. The van der Waals surface area contributed by atoms with E-state index in [1.54, 1.807) is 4.72 Å². The number of halogens is 2. The highest BCUT2D eigenvalue weighted by atomic mass is 35.5. The summed E-state index contributed by atoms with van der Waals surface area (Å²) < 4.78 is 45.9. The lowest BCUT2D eigenvalue weighted by molar-refractivity contribution is 0.0975. The highest BCUT2D eigenvalue weighted by Gasteiger charge is 2.23. The highest BCUT2D eigenvalue weighted by molar-refractivity contribution is 7.87. The minimum absolute atomic E-state index is 0.0624. The van der Waals surface area contributed by atoms with Gasteiger partial charge in [-0.25, -0.2) is 9.11 Å². The molecule has 0 aromatic heterocycles. The summed E-state index contributed by atoms with van der Waals surface area (Å²) in [7, 11) is -1.51. The van der Waals surface area contributed by atoms with Crippen molar-refractivity contribution in [1.82, 2.24) is 9.03 Å². The summed E-state index contributed by atoms with van der Waals surface area (Å²) in [6, 6.07) is 2.11. The summed E-state index contributed by atoms with van der Waals surface area (Å²) in [5.74, 6) is -1.42. The summed E-state index contributed by atoms with van der Waals surface area (Å²) in [6.45, 7) is 0.444. The topological polar surface area (TPSA) is 75.7 Å². The molecular formula is C17H24ClFN2O4S. The number of nitrogens with one attached hydrogen (secondary N) is 1. The second kappa shape index (κ2) is 9.01. The molecule has 1 fully saturated rings. The number of nitrogens with zero attached hydrogens (tertiary/aromatic N) is 1. The molecule has 0 saturated heterocycles. The number of hydrogen-bond donors (Lipinski definition) is 1. The number of benzene rings is 1. The summed E-state index contributed by atoms with van der Waals surface area (Å²) in [6.07, 6.45) is 6.92. The molecule has 1 aromatic rings. The van der Waals surface area contributed by atoms with E-state index in [1.165, 1.54) is 26.9 Å². The van der Waals surface area contributed by atoms with Gasteiger partial charge in [0.25, 0.3) is 5.91 Å². The maximum atomic E-state index is 14.3. The van der Waals surface area contributed by atoms with Crippen molar-refractivity contribution in [2.45, 2.75) is 38.5 Å². The smallest absolute Gasteiger partial charge is 0.303 e. The van der Waals surface area contributed by atoms with Gasteiger partial charge in [0.2, 0.25) is 0 Å². The average molecular weight is 407 g/mol. The second-order valence-electron chi connectivity index (χ2n) is 6.65. The highest BCUT2D eigenvalue weighted by Crippen LogP contribution is 2.30. The van der Waals surface area contributed by atoms with E-state index < -0.39 is 27.5 Å². The van der Waals surface area contributed by atoms with Crippen molar-refractivity contribution in [2.75, 3.05) is 20.7 Å². The van der Waals surface area contributed by atoms with Crippen molar-refractivity contribution in [1.29, 1.82) is 0 Å². The van der Waals surface area contributed by atoms with Gasteiger partial charge in [-0.3, -0.25) is 4.79 Å². The predicted octanol–water partition coefficient (Wildman–Crippen LogP) is 3.36. The first kappa shape index (κ1) is 20.9. The van der Waals surface area contributed by atoms with Crippen LogP contribution in [0.1, 0.15) is 48.9 Å². The number of rotatable bonds is 6. The minimum Gasteiger partial charge on any atom is -0.492 e. The third-order valence-corrected chi connectivity index (χ3v) is 6.12. The summed E-state index contributed by atoms with van der Waals surface area (Å²) in [5.41, 5.74) is -0.456. The van der Waals surface area contributed by atoms with E-state index in [0.717, 1.165) is 42.1 Å². The maximum absolute atomic E-state index is 14.3. The molecule has 0 heterocycles. The van der Waals surface area contributed by atoms with Gasteiger partial charge in [-0.05, 0) is 24.8 Å². The molecule has 0 unspecified atom stereocenters. The first-order valence-corrected chi connectivity index (χ1v) is 10.4. The Morgan fingerprint density at radius 1 is 1.27 bits per heavy atom. The first-order chi connectivity index (χ1) is 12.2. The van der Waals surface area contributed by atoms with Crippen molar-refractivity contribution in [3.63, 3.8) is 0 Å². The van der Waals surface area contributed by atoms with Gasteiger partial charge in [0, 0.05) is 20.2 Å². The zero-order valence-electron chi connectivity index (χ0n) is 14.9. The van der Waals surface area contributed by atoms with Crippen LogP contribution in [0.2, 0.25) is 5.02 Å². The van der Waals surface area contributed by atoms with Gasteiger partial charge in [-0.1, -0.05) is 37.3 Å². The Morgan fingerprint density at radius 2 is 1.88 bits per heavy atom. The SMILES string of the molecule is CN(C)S(=O)(=O)NC(=O)c1cc(Cl)c(OCC2CCCCCC2)cc1F. The zero-order valence-corrected chi connectivity index (χ0v) is 16.5. The average Bonchev–Trinajstić information content (AvgIpc) is 2.83. The van der Waals surface area contributed by atoms with Gasteiger partial charge in [0.05, 0.1) is 17.2 Å². The lowest BCUT2D eigenvalue weighted by Gasteiger charge is -2.17. The Morgan fingerprint density at radius 3 is 2.46 bits per heavy atom. The lowest BCUT2D eigenvalue weighted by Crippen LogP contribution is -2.39. The van der Waals surface area contributed by atoms with Gasteiger partial charge in [0.15, 0.2) is 0 Å². The Kier molecular flexibility index (Phi) is 7.25. The Labute approximate surface area is 158 Å². The fraction of sp³-hybridized carbons (Fsp3) is 0.588. The lowest BCUT2D eigenvalue weighted by atomic mass is 10.0. The van der Waals surface area contributed by atoms with Crippen molar-refractivity contribution < 1.29 is 22.3 Å². The molecular weight excluding hydrogens is 383 g/mol. The van der Waals surface area contributed by atoms with E-state index in [2.05, 4.69) is 0 Å². The van der Waals surface area contributed by atoms with E-state index in [0.29, 0.717) is 12.5 Å². The van der Waals surface area contributed by atoms with Crippen molar-refractivity contribution in [3.8, 4) is 5.75 Å². The van der Waals surface area contributed by atoms with Crippen molar-refractivity contribution in [3.05, 3.63) is 28.5 Å². The monoisotopic (exact) mass is 406 g/mol. The number of carbonyl (C=O) groups excluding carboxylic acids is 1. The molecule has 0 atom stereocenters. The molecule has 0 spiro atoms. The van der Waals surface area contributed by atoms with Crippen LogP contribution in [0, 0.1) is 11.7 Å². The van der Waals surface area contributed by atoms with Crippen LogP contribution >= 0.6 is 11.6 Å². The molecule has 6 nitrogen and oxygen atoms in total. The minimum atomic E-state index is -4.02. The van der Waals surface area contributed by atoms with Crippen LogP contribution < -0.4 is 9.46 Å². The van der Waals surface area contributed by atoms with Crippen LogP contribution in [0.5, 0.6) is 5.75 Å². The fourth-order valence-corrected chi connectivity index (χ4v) is 3.56. The van der Waals surface area contributed by atoms with Crippen LogP contribution in [0.25, 0.3) is 0 Å². The predicted molar refractivity (Wildman–Crippen MR) is 98.2 cm³/mol. The number of ether oxygens (including phenoxy) is 1. The maximum Gasteiger partial charge on any atom is 0.303 e. The molecule has 1 N–H and O–H groups in total. The summed E-state index contributed by atoms with van der Waals surface area (Å²) in [5, 5.41) is 0.0624. The van der Waals surface area contributed by atoms with E-state index in [-0.39, 0.29) is 10.8 Å². The van der Waals surface area contributed by atoms with Crippen LogP contribution in [0.4, 0.5) is 4.39 Å². The van der Waals surface area contributed by atoms with Crippen LogP contribution in [0.15, 0.2) is 12.1 Å². The molecule has 0 radical (unpaired) electrons. The number of amides is 1. The molecule has 1 saturated carbocycles. The quantitative estimate of drug-likeness (QED) is 0.735. The Bertz CT molecular complexity index is 747. The molecule has 1 aliphatic carbocycles. The third-order valence-electron chi connectivity index (χ3n) is 4.42. The van der Waals surface area contributed by atoms with Gasteiger partial charge >= 0.3 is 10.2 Å². The fourth-order valence-electron chi connectivity index (χ4n) is 2.81. The Hall–Kier alpha value is -1.38. The van der Waals surface area contributed by atoms with Crippen molar-refractivity contribution in [2.24, 2.45) is 5.92 Å². The van der Waals surface area contributed by atoms with Crippen molar-refractivity contribution >= 4 is 27.7 Å². The number of hydrogen-bond acceptors (Lipinski definition) is 4. The summed E-state index contributed by atoms with van der Waals surface area (Å²) in [4.78, 5) is 12.0. The van der Waals surface area contributed by atoms with Crippen LogP contribution in [-0.4, -0.2) is 39.3 Å². The van der Waals surface area contributed by atoms with Gasteiger partial charge in [-0.2, -0.15) is 12.7 Å². The van der Waals surface area contributed by atoms with E-state index in [4.69, 9.17) is 16.3 Å². The normalized spacial score (nSPS) is 16.3. The molecule has 2 rings (SSSR count). The van der Waals surface area contributed by atoms with Gasteiger partial charge in [0.1, 0.15) is 11.6 Å². The Balaban J connectivity index is 2.08. The molecule has 9 heteroatoms. The molecule has 26 heavy (non-hydrogen) atoms. The third kappa shape index (κ3) is 5.56. The molecule has 1 amide bonds. The van der Waals surface area contributed by atoms with E-state index in [1.807, 2.05) is 0 Å². The van der Waals surface area contributed by atoms with E-state index in [9.17, 15) is 17.6 Å². The molecule has 146 valence electrons. The molecule has 0 aliphatic heterocycles. The molecule has 0 bridgehead atoms. The summed E-state index contributed by atoms with van der Waals surface area (Å²) >= 11 is 6.10. The number of carbonyl (C=O) groups is 1. The van der Waals surface area contributed by atoms with Gasteiger partial charge < -0.3 is 4.74 Å². The molecule has 1 aromatic carbocycles. The second-order valence-corrected chi connectivity index (χ2v) is 8.94. The van der Waals surface area contributed by atoms with E-state index >= 15 is 0 Å². The van der Waals surface area contributed by atoms with Crippen LogP contribution in [0.3, 0.4) is 0 Å².